The molecule has 90 valence electrons. The Labute approximate surface area is 99.8 Å². The van der Waals surface area contributed by atoms with Crippen LogP contribution in [-0.2, 0) is 9.59 Å². The van der Waals surface area contributed by atoms with Crippen molar-refractivity contribution in [3.8, 4) is 0 Å². The van der Waals surface area contributed by atoms with E-state index in [0.717, 1.165) is 12.1 Å². The number of carbonyl (C=O) groups excluding carboxylic acids is 2. The second-order valence-corrected chi connectivity index (χ2v) is 4.02. The molecule has 1 N–H and O–H groups in total. The summed E-state index contributed by atoms with van der Waals surface area (Å²) in [6.07, 6.45) is 4.32. The van der Waals surface area contributed by atoms with Crippen LogP contribution >= 0.6 is 0 Å². The number of nitrogens with one attached hydrogen (secondary N) is 1. The highest BCUT2D eigenvalue weighted by Gasteiger charge is 2.37. The molecule has 1 unspecified atom stereocenters. The summed E-state index contributed by atoms with van der Waals surface area (Å²) in [4.78, 5) is 28.8. The minimum atomic E-state index is -0.434. The molecule has 2 rings (SSSR count). The van der Waals surface area contributed by atoms with E-state index in [2.05, 4.69) is 10.3 Å². The van der Waals surface area contributed by atoms with Crippen molar-refractivity contribution in [2.45, 2.75) is 25.8 Å². The van der Waals surface area contributed by atoms with Gasteiger partial charge >= 0.3 is 0 Å². The van der Waals surface area contributed by atoms with E-state index < -0.39 is 6.04 Å². The van der Waals surface area contributed by atoms with Crippen molar-refractivity contribution < 1.29 is 9.59 Å². The predicted molar refractivity (Wildman–Crippen MR) is 63.3 cm³/mol. The molecule has 1 saturated heterocycles. The zero-order chi connectivity index (χ0) is 12.3. The van der Waals surface area contributed by atoms with E-state index in [1.807, 2.05) is 6.92 Å². The van der Waals surface area contributed by atoms with Crippen LogP contribution in [-0.4, -0.2) is 34.3 Å². The minimum Gasteiger partial charge on any atom is -0.373 e. The van der Waals surface area contributed by atoms with Gasteiger partial charge in [-0.1, -0.05) is 6.92 Å². The highest BCUT2D eigenvalue weighted by molar-refractivity contribution is 6.06. The third kappa shape index (κ3) is 2.43. The first-order valence-corrected chi connectivity index (χ1v) is 5.73. The van der Waals surface area contributed by atoms with Crippen molar-refractivity contribution in [3.05, 3.63) is 24.5 Å². The van der Waals surface area contributed by atoms with Gasteiger partial charge in [0.1, 0.15) is 6.04 Å². The van der Waals surface area contributed by atoms with Gasteiger partial charge in [-0.2, -0.15) is 0 Å². The van der Waals surface area contributed by atoms with Crippen LogP contribution in [0.1, 0.15) is 19.8 Å². The molecule has 1 fully saturated rings. The van der Waals surface area contributed by atoms with Gasteiger partial charge in [-0.05, 0) is 18.6 Å². The standard InChI is InChI=1S/C12H15N3O2/c1-2-7-15-11(16)8-10(12(15)17)14-9-3-5-13-6-4-9/h3-6,10H,2,7-8H2,1H3,(H,13,14). The number of aromatic nitrogens is 1. The predicted octanol–water partition coefficient (Wildman–Crippen LogP) is 1.03. The summed E-state index contributed by atoms with van der Waals surface area (Å²) in [5, 5.41) is 3.06. The molecule has 1 aromatic rings. The highest BCUT2D eigenvalue weighted by Crippen LogP contribution is 2.17. The lowest BCUT2D eigenvalue weighted by atomic mass is 10.2. The van der Waals surface area contributed by atoms with Gasteiger partial charge in [0.2, 0.25) is 5.91 Å². The monoisotopic (exact) mass is 233 g/mol. The van der Waals surface area contributed by atoms with Crippen LogP contribution in [0.25, 0.3) is 0 Å². The van der Waals surface area contributed by atoms with Crippen LogP contribution in [0.4, 0.5) is 5.69 Å². The van der Waals surface area contributed by atoms with Crippen LogP contribution in [0.15, 0.2) is 24.5 Å². The van der Waals surface area contributed by atoms with E-state index in [1.165, 1.54) is 4.90 Å². The minimum absolute atomic E-state index is 0.0941. The molecule has 0 spiro atoms. The van der Waals surface area contributed by atoms with Gasteiger partial charge in [0.25, 0.3) is 5.91 Å². The number of rotatable bonds is 4. The fourth-order valence-corrected chi connectivity index (χ4v) is 1.90. The number of amides is 2. The average Bonchev–Trinajstić information content (AvgIpc) is 2.59. The van der Waals surface area contributed by atoms with Crippen molar-refractivity contribution in [1.82, 2.24) is 9.88 Å². The molecule has 0 aliphatic carbocycles. The number of hydrogen-bond acceptors (Lipinski definition) is 4. The Morgan fingerprint density at radius 2 is 2.12 bits per heavy atom. The van der Waals surface area contributed by atoms with Crippen molar-refractivity contribution in [2.24, 2.45) is 0 Å². The molecule has 0 radical (unpaired) electrons. The summed E-state index contributed by atoms with van der Waals surface area (Å²) >= 11 is 0. The summed E-state index contributed by atoms with van der Waals surface area (Å²) in [7, 11) is 0. The van der Waals surface area contributed by atoms with E-state index >= 15 is 0 Å². The molecular formula is C12H15N3O2. The number of nitrogens with zero attached hydrogens (tertiary/aromatic N) is 2. The van der Waals surface area contributed by atoms with Gasteiger partial charge in [0.05, 0.1) is 6.42 Å². The molecule has 0 aromatic carbocycles. The Morgan fingerprint density at radius 3 is 2.76 bits per heavy atom. The summed E-state index contributed by atoms with van der Waals surface area (Å²) in [6, 6.07) is 3.12. The first-order chi connectivity index (χ1) is 8.22. The topological polar surface area (TPSA) is 62.3 Å². The van der Waals surface area contributed by atoms with Gasteiger partial charge in [-0.3, -0.25) is 19.5 Å². The summed E-state index contributed by atoms with van der Waals surface area (Å²) in [6.45, 7) is 2.45. The molecule has 1 aliphatic heterocycles. The van der Waals surface area contributed by atoms with Gasteiger partial charge in [-0.25, -0.2) is 0 Å². The first kappa shape index (κ1) is 11.6. The van der Waals surface area contributed by atoms with E-state index in [1.54, 1.807) is 24.5 Å². The summed E-state index contributed by atoms with van der Waals surface area (Å²) in [5.41, 5.74) is 0.810. The molecule has 2 heterocycles. The number of anilines is 1. The van der Waals surface area contributed by atoms with Crippen molar-refractivity contribution in [3.63, 3.8) is 0 Å². The van der Waals surface area contributed by atoms with Gasteiger partial charge in [0, 0.05) is 24.6 Å². The molecule has 0 saturated carbocycles. The van der Waals surface area contributed by atoms with Crippen molar-refractivity contribution >= 4 is 17.5 Å². The van der Waals surface area contributed by atoms with E-state index in [9.17, 15) is 9.59 Å². The number of imide groups is 1. The number of likely N-dealkylation sites (tertiary alicyclic amines) is 1. The van der Waals surface area contributed by atoms with Crippen LogP contribution in [0.3, 0.4) is 0 Å². The third-order valence-electron chi connectivity index (χ3n) is 2.71. The van der Waals surface area contributed by atoms with Crippen molar-refractivity contribution in [2.75, 3.05) is 11.9 Å². The lowest BCUT2D eigenvalue weighted by molar-refractivity contribution is -0.138. The first-order valence-electron chi connectivity index (χ1n) is 5.73. The van der Waals surface area contributed by atoms with Crippen LogP contribution in [0.2, 0.25) is 0 Å². The quantitative estimate of drug-likeness (QED) is 0.789. The fourth-order valence-electron chi connectivity index (χ4n) is 1.90. The zero-order valence-electron chi connectivity index (χ0n) is 9.72. The molecule has 17 heavy (non-hydrogen) atoms. The van der Waals surface area contributed by atoms with Gasteiger partial charge in [-0.15, -0.1) is 0 Å². The number of pyridine rings is 1. The molecule has 2 amide bonds. The molecule has 5 heteroatoms. The highest BCUT2D eigenvalue weighted by atomic mass is 16.2. The lowest BCUT2D eigenvalue weighted by Gasteiger charge is -2.14. The van der Waals surface area contributed by atoms with E-state index in [4.69, 9.17) is 0 Å². The second-order valence-electron chi connectivity index (χ2n) is 4.02. The fraction of sp³-hybridized carbons (Fsp3) is 0.417. The summed E-state index contributed by atoms with van der Waals surface area (Å²) in [5.74, 6) is -0.225. The Balaban J connectivity index is 2.04. The number of hydrogen-bond donors (Lipinski definition) is 1. The third-order valence-corrected chi connectivity index (χ3v) is 2.71. The molecule has 1 atom stereocenters. The maximum atomic E-state index is 11.9. The second kappa shape index (κ2) is 4.95. The van der Waals surface area contributed by atoms with Crippen LogP contribution in [0, 0.1) is 0 Å². The molecule has 5 nitrogen and oxygen atoms in total. The molecule has 0 bridgehead atoms. The van der Waals surface area contributed by atoms with E-state index in [0.29, 0.717) is 6.54 Å². The van der Waals surface area contributed by atoms with Crippen LogP contribution < -0.4 is 5.32 Å². The van der Waals surface area contributed by atoms with Gasteiger partial charge in [0.15, 0.2) is 0 Å². The molecular weight excluding hydrogens is 218 g/mol. The normalized spacial score (nSPS) is 19.8. The maximum Gasteiger partial charge on any atom is 0.252 e. The Bertz CT molecular complexity index is 419. The molecule has 1 aromatic heterocycles. The Morgan fingerprint density at radius 1 is 1.41 bits per heavy atom. The van der Waals surface area contributed by atoms with Crippen molar-refractivity contribution in [1.29, 1.82) is 0 Å². The Kier molecular flexibility index (Phi) is 3.37. The van der Waals surface area contributed by atoms with Gasteiger partial charge < -0.3 is 5.32 Å². The smallest absolute Gasteiger partial charge is 0.252 e. The SMILES string of the molecule is CCCN1C(=O)CC(Nc2ccncc2)C1=O. The number of carbonyl (C=O) groups is 2. The molecule has 1 aliphatic rings. The summed E-state index contributed by atoms with van der Waals surface area (Å²) < 4.78 is 0. The lowest BCUT2D eigenvalue weighted by Crippen LogP contribution is -2.35. The van der Waals surface area contributed by atoms with Crippen LogP contribution in [0.5, 0.6) is 0 Å². The largest absolute Gasteiger partial charge is 0.373 e. The zero-order valence-corrected chi connectivity index (χ0v) is 9.72. The maximum absolute atomic E-state index is 11.9. The Hall–Kier alpha value is -1.91. The average molecular weight is 233 g/mol. The van der Waals surface area contributed by atoms with E-state index in [-0.39, 0.29) is 18.2 Å².